The Morgan fingerprint density at radius 3 is 2.72 bits per heavy atom. The molecule has 1 aromatic heterocycles. The van der Waals surface area contributed by atoms with Crippen LogP contribution in [0.4, 0.5) is 5.69 Å². The molecule has 2 aromatic carbocycles. The van der Waals surface area contributed by atoms with E-state index in [1.54, 1.807) is 19.1 Å². The third-order valence-electron chi connectivity index (χ3n) is 3.63. The van der Waals surface area contributed by atoms with Gasteiger partial charge in [0.25, 0.3) is 5.91 Å². The minimum Gasteiger partial charge on any atom is -0.452 e. The van der Waals surface area contributed by atoms with E-state index in [1.165, 1.54) is 6.07 Å². The van der Waals surface area contributed by atoms with Crippen molar-refractivity contribution in [3.05, 3.63) is 63.8 Å². The van der Waals surface area contributed by atoms with Crippen LogP contribution >= 0.6 is 23.2 Å². The van der Waals surface area contributed by atoms with Crippen molar-refractivity contribution in [1.29, 1.82) is 0 Å². The predicted octanol–water partition coefficient (Wildman–Crippen LogP) is 4.58. The van der Waals surface area contributed by atoms with E-state index < -0.39 is 18.5 Å². The molecule has 0 saturated heterocycles. The van der Waals surface area contributed by atoms with Crippen LogP contribution in [-0.2, 0) is 9.53 Å². The van der Waals surface area contributed by atoms with Gasteiger partial charge < -0.3 is 15.0 Å². The highest BCUT2D eigenvalue weighted by molar-refractivity contribution is 6.35. The number of aryl methyl sites for hydroxylation is 1. The van der Waals surface area contributed by atoms with Gasteiger partial charge in [0.05, 0.1) is 16.3 Å². The number of amides is 1. The lowest BCUT2D eigenvalue weighted by Crippen LogP contribution is -2.21. The van der Waals surface area contributed by atoms with E-state index >= 15 is 0 Å². The topological polar surface area (TPSA) is 71.2 Å². The Labute approximate surface area is 153 Å². The normalized spacial score (nSPS) is 10.7. The summed E-state index contributed by atoms with van der Waals surface area (Å²) in [5.74, 6) is -1.07. The second-order valence-electron chi connectivity index (χ2n) is 5.42. The molecule has 1 heterocycles. The summed E-state index contributed by atoms with van der Waals surface area (Å²) in [7, 11) is 0. The fraction of sp³-hybridized carbons (Fsp3) is 0.111. The minimum atomic E-state index is -0.567. The molecule has 0 unspecified atom stereocenters. The van der Waals surface area contributed by atoms with Gasteiger partial charge in [0.2, 0.25) is 0 Å². The molecule has 0 atom stereocenters. The zero-order chi connectivity index (χ0) is 18.0. The lowest BCUT2D eigenvalue weighted by molar-refractivity contribution is -0.119. The van der Waals surface area contributed by atoms with E-state index in [0.29, 0.717) is 27.0 Å². The highest BCUT2D eigenvalue weighted by atomic mass is 35.5. The summed E-state index contributed by atoms with van der Waals surface area (Å²) in [5, 5.41) is 4.10. The van der Waals surface area contributed by atoms with Gasteiger partial charge in [-0.2, -0.15) is 0 Å². The number of hydrogen-bond acceptors (Lipinski definition) is 3. The van der Waals surface area contributed by atoms with Gasteiger partial charge in [0.1, 0.15) is 0 Å². The maximum Gasteiger partial charge on any atom is 0.341 e. The van der Waals surface area contributed by atoms with E-state index in [2.05, 4.69) is 10.3 Å². The molecule has 0 spiro atoms. The molecule has 5 nitrogen and oxygen atoms in total. The number of para-hydroxylation sites is 1. The number of esters is 1. The molecule has 128 valence electrons. The lowest BCUT2D eigenvalue weighted by atomic mass is 10.1. The van der Waals surface area contributed by atoms with Gasteiger partial charge in [-0.15, -0.1) is 0 Å². The lowest BCUT2D eigenvalue weighted by Gasteiger charge is -2.08. The monoisotopic (exact) mass is 376 g/mol. The summed E-state index contributed by atoms with van der Waals surface area (Å²) < 4.78 is 5.13. The number of hydrogen-bond donors (Lipinski definition) is 2. The molecular formula is C18H14Cl2N2O3. The number of ether oxygens (including phenoxy) is 1. The van der Waals surface area contributed by atoms with Crippen molar-refractivity contribution in [2.75, 3.05) is 11.9 Å². The third kappa shape index (κ3) is 3.78. The van der Waals surface area contributed by atoms with Crippen molar-refractivity contribution in [3.63, 3.8) is 0 Å². The summed E-state index contributed by atoms with van der Waals surface area (Å²) in [6.45, 7) is 1.35. The molecule has 0 aliphatic rings. The van der Waals surface area contributed by atoms with E-state index in [4.69, 9.17) is 27.9 Å². The van der Waals surface area contributed by atoms with Crippen molar-refractivity contribution in [3.8, 4) is 0 Å². The summed E-state index contributed by atoms with van der Waals surface area (Å²) in [4.78, 5) is 27.5. The number of nitrogens with one attached hydrogen (secondary N) is 2. The molecular weight excluding hydrogens is 363 g/mol. The molecule has 3 rings (SSSR count). The predicted molar refractivity (Wildman–Crippen MR) is 98.4 cm³/mol. The first kappa shape index (κ1) is 17.3. The second kappa shape index (κ2) is 7.17. The zero-order valence-corrected chi connectivity index (χ0v) is 14.7. The number of rotatable bonds is 4. The Morgan fingerprint density at radius 1 is 1.16 bits per heavy atom. The number of fused-ring (bicyclic) bond motifs is 1. The number of benzene rings is 2. The Balaban J connectivity index is 1.68. The summed E-state index contributed by atoms with van der Waals surface area (Å²) in [5.41, 5.74) is 2.30. The fourth-order valence-electron chi connectivity index (χ4n) is 2.52. The van der Waals surface area contributed by atoms with Gasteiger partial charge in [-0.3, -0.25) is 4.79 Å². The van der Waals surface area contributed by atoms with Gasteiger partial charge in [0.15, 0.2) is 6.61 Å². The van der Waals surface area contributed by atoms with Crippen molar-refractivity contribution >= 4 is 51.7 Å². The summed E-state index contributed by atoms with van der Waals surface area (Å²) >= 11 is 11.9. The van der Waals surface area contributed by atoms with E-state index in [-0.39, 0.29) is 0 Å². The molecule has 0 saturated carbocycles. The van der Waals surface area contributed by atoms with Crippen molar-refractivity contribution in [2.24, 2.45) is 0 Å². The van der Waals surface area contributed by atoms with Crippen molar-refractivity contribution in [2.45, 2.75) is 6.92 Å². The second-order valence-corrected chi connectivity index (χ2v) is 6.26. The molecule has 0 aliphatic heterocycles. The van der Waals surface area contributed by atoms with Crippen LogP contribution in [0.15, 0.2) is 42.5 Å². The van der Waals surface area contributed by atoms with Crippen LogP contribution in [0.25, 0.3) is 10.9 Å². The number of aromatic nitrogens is 1. The molecule has 0 bridgehead atoms. The van der Waals surface area contributed by atoms with Crippen LogP contribution < -0.4 is 5.32 Å². The van der Waals surface area contributed by atoms with Gasteiger partial charge in [-0.25, -0.2) is 4.79 Å². The van der Waals surface area contributed by atoms with Crippen LogP contribution in [0.2, 0.25) is 10.0 Å². The van der Waals surface area contributed by atoms with Gasteiger partial charge in [-0.05, 0) is 31.2 Å². The Kier molecular flexibility index (Phi) is 4.97. The van der Waals surface area contributed by atoms with Crippen molar-refractivity contribution < 1.29 is 14.3 Å². The molecule has 0 fully saturated rings. The van der Waals surface area contributed by atoms with E-state index in [9.17, 15) is 9.59 Å². The van der Waals surface area contributed by atoms with Crippen LogP contribution in [0, 0.1) is 6.92 Å². The highest BCUT2D eigenvalue weighted by Gasteiger charge is 2.18. The summed E-state index contributed by atoms with van der Waals surface area (Å²) in [6.07, 6.45) is 0. The van der Waals surface area contributed by atoms with Crippen molar-refractivity contribution in [1.82, 2.24) is 4.98 Å². The van der Waals surface area contributed by atoms with Crippen LogP contribution in [0.1, 0.15) is 16.1 Å². The van der Waals surface area contributed by atoms with Gasteiger partial charge in [-0.1, -0.05) is 41.4 Å². The number of carbonyl (C=O) groups is 2. The van der Waals surface area contributed by atoms with Gasteiger partial charge >= 0.3 is 5.97 Å². The van der Waals surface area contributed by atoms with E-state index in [1.807, 2.05) is 24.3 Å². The van der Waals surface area contributed by atoms with Gasteiger partial charge in [0, 0.05) is 21.6 Å². The largest absolute Gasteiger partial charge is 0.452 e. The first-order valence-electron chi connectivity index (χ1n) is 7.45. The average molecular weight is 377 g/mol. The Morgan fingerprint density at radius 2 is 1.92 bits per heavy atom. The first-order chi connectivity index (χ1) is 12.0. The number of carbonyl (C=O) groups excluding carboxylic acids is 2. The standard InChI is InChI=1S/C18H14Cl2N2O3/c1-10-17(12-4-2-3-5-14(12)21-10)18(24)25-9-16(23)22-15-8-11(19)6-7-13(15)20/h2-8,21H,9H2,1H3,(H,22,23). The Bertz CT molecular complexity index is 966. The summed E-state index contributed by atoms with van der Waals surface area (Å²) in [6, 6.07) is 12.1. The first-order valence-corrected chi connectivity index (χ1v) is 8.20. The molecule has 2 N–H and O–H groups in total. The third-order valence-corrected chi connectivity index (χ3v) is 4.20. The number of anilines is 1. The molecule has 0 radical (unpaired) electrons. The molecule has 7 heteroatoms. The fourth-order valence-corrected chi connectivity index (χ4v) is 2.86. The zero-order valence-electron chi connectivity index (χ0n) is 13.2. The minimum absolute atomic E-state index is 0.344. The molecule has 0 aliphatic carbocycles. The Hall–Kier alpha value is -2.50. The highest BCUT2D eigenvalue weighted by Crippen LogP contribution is 2.25. The van der Waals surface area contributed by atoms with Crippen LogP contribution in [0.3, 0.4) is 0 Å². The SMILES string of the molecule is Cc1[nH]c2ccccc2c1C(=O)OCC(=O)Nc1cc(Cl)ccc1Cl. The van der Waals surface area contributed by atoms with E-state index in [0.717, 1.165) is 10.9 Å². The number of H-pyrrole nitrogens is 1. The molecule has 25 heavy (non-hydrogen) atoms. The van der Waals surface area contributed by atoms with Crippen LogP contribution in [-0.4, -0.2) is 23.5 Å². The smallest absolute Gasteiger partial charge is 0.341 e. The number of aromatic amines is 1. The maximum absolute atomic E-state index is 12.3. The molecule has 1 amide bonds. The number of halogens is 2. The van der Waals surface area contributed by atoms with Crippen LogP contribution in [0.5, 0.6) is 0 Å². The molecule has 3 aromatic rings. The quantitative estimate of drug-likeness (QED) is 0.654. The maximum atomic E-state index is 12.3. The average Bonchev–Trinajstić information content (AvgIpc) is 2.92.